The van der Waals surface area contributed by atoms with Crippen molar-refractivity contribution in [1.82, 2.24) is 0 Å². The van der Waals surface area contributed by atoms with Crippen molar-refractivity contribution in [3.05, 3.63) is 48.1 Å². The van der Waals surface area contributed by atoms with Gasteiger partial charge in [0.15, 0.2) is 0 Å². The third-order valence-corrected chi connectivity index (χ3v) is 9.54. The highest BCUT2D eigenvalue weighted by atomic mass is 32.2. The number of benzene rings is 1. The Bertz CT molecular complexity index is 1030. The first-order chi connectivity index (χ1) is 19.0. The number of thioether (sulfide) groups is 1. The van der Waals surface area contributed by atoms with Gasteiger partial charge in [-0.15, -0.1) is 6.58 Å². The minimum atomic E-state index is -0.925. The van der Waals surface area contributed by atoms with E-state index >= 15 is 0 Å². The third kappa shape index (κ3) is 6.19. The number of phenolic OH excluding ortho intramolecular Hbond substituents is 1. The third-order valence-electron chi connectivity index (χ3n) is 8.30. The minimum absolute atomic E-state index is 0.0164. The van der Waals surface area contributed by atoms with Crippen LogP contribution in [-0.4, -0.2) is 64.2 Å². The van der Waals surface area contributed by atoms with Crippen molar-refractivity contribution in [3.63, 3.8) is 0 Å². The Labute approximate surface area is 237 Å². The predicted molar refractivity (Wildman–Crippen MR) is 156 cm³/mol. The van der Waals surface area contributed by atoms with Gasteiger partial charge in [-0.3, -0.25) is 0 Å². The maximum absolute atomic E-state index is 10.6. The number of aliphatic hydroxyl groups is 2. The van der Waals surface area contributed by atoms with Gasteiger partial charge in [-0.2, -0.15) is 11.8 Å². The number of rotatable bonds is 15. The lowest BCUT2D eigenvalue weighted by Gasteiger charge is -2.58. The number of hydrogen-bond donors (Lipinski definition) is 3. The van der Waals surface area contributed by atoms with Gasteiger partial charge >= 0.3 is 0 Å². The summed E-state index contributed by atoms with van der Waals surface area (Å²) in [4.78, 5) is 5.65. The van der Waals surface area contributed by atoms with E-state index in [1.807, 2.05) is 30.8 Å². The lowest BCUT2D eigenvalue weighted by atomic mass is 9.56. The van der Waals surface area contributed by atoms with Crippen LogP contribution in [0.3, 0.4) is 0 Å². The van der Waals surface area contributed by atoms with Gasteiger partial charge in [-0.05, 0) is 74.0 Å². The normalized spacial score (nSPS) is 30.2. The first-order valence-electron chi connectivity index (χ1n) is 14.6. The Morgan fingerprint density at radius 3 is 2.62 bits per heavy atom. The van der Waals surface area contributed by atoms with Gasteiger partial charge in [0, 0.05) is 31.1 Å². The maximum atomic E-state index is 10.6. The van der Waals surface area contributed by atoms with Crippen LogP contribution in [0.15, 0.2) is 47.7 Å². The van der Waals surface area contributed by atoms with E-state index in [4.69, 9.17) is 14.3 Å². The fourth-order valence-corrected chi connectivity index (χ4v) is 8.00. The van der Waals surface area contributed by atoms with E-state index in [2.05, 4.69) is 24.7 Å². The molecule has 6 unspecified atom stereocenters. The molecule has 4 rings (SSSR count). The summed E-state index contributed by atoms with van der Waals surface area (Å²) in [6, 6.07) is 5.42. The van der Waals surface area contributed by atoms with Crippen molar-refractivity contribution in [2.75, 3.05) is 32.2 Å². The summed E-state index contributed by atoms with van der Waals surface area (Å²) in [7, 11) is 0. The van der Waals surface area contributed by atoms with E-state index < -0.39 is 5.79 Å². The molecule has 1 heterocycles. The lowest BCUT2D eigenvalue weighted by molar-refractivity contribution is -0.223. The Hall–Kier alpha value is -2.00. The molecule has 1 fully saturated rings. The predicted octanol–water partition coefficient (Wildman–Crippen LogP) is 5.80. The Balaban J connectivity index is 1.94. The standard InChI is InChI=1S/C31H45NO6S/c1-4-17-36-31-28(39-6-3)20-26(32-37-5-2)24-18-21(11-7-9-15-33)23(12-8-10-16-34)29(30(24)31)25-19-22(35)13-14-27(25)38-31/h4,13-14,18-19,21,23,28-30,33-35H,1,5-12,15-17,20H2,2-3H3. The molecular weight excluding hydrogens is 514 g/mol. The molecule has 1 aromatic rings. The average molecular weight is 560 g/mol. The first-order valence-corrected chi connectivity index (χ1v) is 15.6. The highest BCUT2D eigenvalue weighted by Crippen LogP contribution is 2.62. The van der Waals surface area contributed by atoms with Crippen molar-refractivity contribution < 1.29 is 29.6 Å². The molecule has 1 aromatic carbocycles. The smallest absolute Gasteiger partial charge is 0.230 e. The molecule has 0 amide bonds. The minimum Gasteiger partial charge on any atom is -0.508 e. The van der Waals surface area contributed by atoms with Crippen LogP contribution in [0.25, 0.3) is 0 Å². The molecule has 6 atom stereocenters. The van der Waals surface area contributed by atoms with Crippen molar-refractivity contribution >= 4 is 17.5 Å². The summed E-state index contributed by atoms with van der Waals surface area (Å²) in [5.74, 6) is 1.33. The zero-order chi connectivity index (χ0) is 27.8. The molecular formula is C31H45NO6S. The van der Waals surface area contributed by atoms with E-state index in [0.717, 1.165) is 66.9 Å². The molecule has 7 nitrogen and oxygen atoms in total. The van der Waals surface area contributed by atoms with Crippen LogP contribution in [0.5, 0.6) is 11.5 Å². The number of unbranched alkanes of at least 4 members (excludes halogenated alkanes) is 2. The van der Waals surface area contributed by atoms with Gasteiger partial charge in [0.1, 0.15) is 18.1 Å². The van der Waals surface area contributed by atoms with Crippen LogP contribution in [-0.2, 0) is 9.57 Å². The zero-order valence-electron chi connectivity index (χ0n) is 23.4. The average Bonchev–Trinajstić information content (AvgIpc) is 2.94. The van der Waals surface area contributed by atoms with Crippen molar-refractivity contribution in [2.45, 2.75) is 75.7 Å². The summed E-state index contributed by atoms with van der Waals surface area (Å²) < 4.78 is 13.7. The lowest BCUT2D eigenvalue weighted by Crippen LogP contribution is -2.64. The number of ether oxygens (including phenoxy) is 2. The van der Waals surface area contributed by atoms with E-state index in [9.17, 15) is 15.3 Å². The second-order valence-electron chi connectivity index (χ2n) is 10.6. The van der Waals surface area contributed by atoms with E-state index in [1.165, 1.54) is 0 Å². The Kier molecular flexibility index (Phi) is 10.8. The summed E-state index contributed by atoms with van der Waals surface area (Å²) in [6.45, 7) is 9.23. The largest absolute Gasteiger partial charge is 0.508 e. The molecule has 216 valence electrons. The summed E-state index contributed by atoms with van der Waals surface area (Å²) in [6.07, 6.45) is 10.1. The summed E-state index contributed by atoms with van der Waals surface area (Å²) >= 11 is 1.82. The Morgan fingerprint density at radius 1 is 1.15 bits per heavy atom. The van der Waals surface area contributed by atoms with Crippen LogP contribution >= 0.6 is 11.8 Å². The van der Waals surface area contributed by atoms with E-state index in [0.29, 0.717) is 19.6 Å². The van der Waals surface area contributed by atoms with Crippen LogP contribution < -0.4 is 4.74 Å². The van der Waals surface area contributed by atoms with Crippen molar-refractivity contribution in [1.29, 1.82) is 0 Å². The number of nitrogens with zero attached hydrogens (tertiary/aromatic N) is 1. The van der Waals surface area contributed by atoms with Crippen LogP contribution in [0.2, 0.25) is 0 Å². The molecule has 2 aliphatic carbocycles. The van der Waals surface area contributed by atoms with Gasteiger partial charge < -0.3 is 29.6 Å². The van der Waals surface area contributed by atoms with Gasteiger partial charge in [0.2, 0.25) is 5.79 Å². The quantitative estimate of drug-likeness (QED) is 0.142. The van der Waals surface area contributed by atoms with Gasteiger partial charge in [0.25, 0.3) is 0 Å². The Morgan fingerprint density at radius 2 is 1.92 bits per heavy atom. The van der Waals surface area contributed by atoms with E-state index in [1.54, 1.807) is 12.1 Å². The fourth-order valence-electron chi connectivity index (χ4n) is 6.83. The van der Waals surface area contributed by atoms with Crippen LogP contribution in [0.4, 0.5) is 0 Å². The van der Waals surface area contributed by atoms with Crippen LogP contribution in [0, 0.1) is 17.8 Å². The molecule has 0 bridgehead atoms. The molecule has 0 spiro atoms. The summed E-state index contributed by atoms with van der Waals surface area (Å²) in [5.41, 5.74) is 3.07. The fraction of sp³-hybridized carbons (Fsp3) is 0.645. The number of fused-ring (bicyclic) bond motifs is 2. The number of aliphatic hydroxyl groups excluding tert-OH is 2. The second-order valence-corrected chi connectivity index (χ2v) is 12.1. The molecule has 1 saturated carbocycles. The highest BCUT2D eigenvalue weighted by molar-refractivity contribution is 8.00. The number of oxime groups is 1. The highest BCUT2D eigenvalue weighted by Gasteiger charge is 2.63. The summed E-state index contributed by atoms with van der Waals surface area (Å²) in [5, 5.41) is 34.3. The zero-order valence-corrected chi connectivity index (χ0v) is 24.2. The van der Waals surface area contributed by atoms with Crippen molar-refractivity contribution in [2.24, 2.45) is 22.9 Å². The molecule has 0 saturated heterocycles. The SMILES string of the molecule is C=CCOC12Oc3ccc(O)cc3C3C(CCCCO)C(CCCCO)C=C(C(=NOCC)CC1SCC)C32. The van der Waals surface area contributed by atoms with E-state index in [-0.39, 0.29) is 47.9 Å². The molecule has 0 radical (unpaired) electrons. The maximum Gasteiger partial charge on any atom is 0.230 e. The molecule has 3 N–H and O–H groups in total. The van der Waals surface area contributed by atoms with Crippen LogP contribution in [0.1, 0.15) is 70.3 Å². The number of hydrogen-bond acceptors (Lipinski definition) is 8. The van der Waals surface area contributed by atoms with Gasteiger partial charge in [-0.25, -0.2) is 0 Å². The molecule has 0 aromatic heterocycles. The molecule has 1 aliphatic heterocycles. The first kappa shape index (κ1) is 30.0. The number of allylic oxidation sites excluding steroid dienone is 1. The monoisotopic (exact) mass is 559 g/mol. The second kappa shape index (κ2) is 14.1. The molecule has 8 heteroatoms. The van der Waals surface area contributed by atoms with Gasteiger partial charge in [0.05, 0.1) is 23.5 Å². The van der Waals surface area contributed by atoms with Crippen molar-refractivity contribution in [3.8, 4) is 11.5 Å². The number of aromatic hydroxyl groups is 1. The number of phenols is 1. The molecule has 3 aliphatic rings. The molecule has 39 heavy (non-hydrogen) atoms. The van der Waals surface area contributed by atoms with Gasteiger partial charge in [-0.1, -0.05) is 37.1 Å². The topological polar surface area (TPSA) is 101 Å².